The number of aliphatic hydroxyl groups excluding tert-OH is 1. The summed E-state index contributed by atoms with van der Waals surface area (Å²) in [6.45, 7) is 2.26. The van der Waals surface area contributed by atoms with Gasteiger partial charge in [-0.2, -0.15) is 0 Å². The summed E-state index contributed by atoms with van der Waals surface area (Å²) >= 11 is 0. The zero-order valence-electron chi connectivity index (χ0n) is 7.59. The van der Waals surface area contributed by atoms with Gasteiger partial charge < -0.3 is 5.11 Å². The largest absolute Gasteiger partial charge is 0.512 e. The Morgan fingerprint density at radius 3 is 3.00 bits per heavy atom. The van der Waals surface area contributed by atoms with E-state index in [2.05, 4.69) is 13.0 Å². The number of aliphatic hydroxyl groups is 1. The van der Waals surface area contributed by atoms with Gasteiger partial charge in [0.1, 0.15) is 0 Å². The maximum absolute atomic E-state index is 9.33. The Kier molecular flexibility index (Phi) is 1.95. The van der Waals surface area contributed by atoms with Gasteiger partial charge >= 0.3 is 0 Å². The van der Waals surface area contributed by atoms with Crippen molar-refractivity contribution in [2.24, 2.45) is 11.8 Å². The van der Waals surface area contributed by atoms with E-state index in [1.54, 1.807) is 5.57 Å². The highest BCUT2D eigenvalue weighted by molar-refractivity contribution is 5.26. The molecule has 0 aromatic heterocycles. The average molecular weight is 164 g/mol. The van der Waals surface area contributed by atoms with Gasteiger partial charge in [-0.3, -0.25) is 0 Å². The molecule has 2 aliphatic rings. The smallest absolute Gasteiger partial charge is 0.0928 e. The van der Waals surface area contributed by atoms with Gasteiger partial charge in [-0.25, -0.2) is 0 Å². The van der Waals surface area contributed by atoms with E-state index in [4.69, 9.17) is 0 Å². The van der Waals surface area contributed by atoms with Crippen LogP contribution >= 0.6 is 0 Å². The van der Waals surface area contributed by atoms with Crippen LogP contribution in [0.4, 0.5) is 0 Å². The number of hydrogen-bond donors (Lipinski definition) is 1. The molecule has 0 bridgehead atoms. The van der Waals surface area contributed by atoms with E-state index in [-0.39, 0.29) is 0 Å². The van der Waals surface area contributed by atoms with Crippen molar-refractivity contribution >= 4 is 0 Å². The summed E-state index contributed by atoms with van der Waals surface area (Å²) in [7, 11) is 0. The highest BCUT2D eigenvalue weighted by atomic mass is 16.3. The van der Waals surface area contributed by atoms with Crippen LogP contribution in [0.15, 0.2) is 23.5 Å². The van der Waals surface area contributed by atoms with Gasteiger partial charge in [0.05, 0.1) is 5.76 Å². The van der Waals surface area contributed by atoms with Crippen LogP contribution in [0.2, 0.25) is 0 Å². The van der Waals surface area contributed by atoms with E-state index < -0.39 is 0 Å². The third kappa shape index (κ3) is 1.28. The second-order valence-corrected chi connectivity index (χ2v) is 4.01. The quantitative estimate of drug-likeness (QED) is 0.631. The molecule has 1 nitrogen and oxygen atoms in total. The predicted octanol–water partition coefficient (Wildman–Crippen LogP) is 3.19. The summed E-state index contributed by atoms with van der Waals surface area (Å²) in [4.78, 5) is 0. The molecule has 0 amide bonds. The molecule has 1 heteroatoms. The van der Waals surface area contributed by atoms with Crippen LogP contribution in [-0.4, -0.2) is 5.11 Å². The summed E-state index contributed by atoms with van der Waals surface area (Å²) < 4.78 is 0. The molecular weight excluding hydrogens is 148 g/mol. The molecule has 0 heterocycles. The third-order valence-electron chi connectivity index (χ3n) is 3.19. The van der Waals surface area contributed by atoms with E-state index in [1.807, 2.05) is 6.08 Å². The van der Waals surface area contributed by atoms with Gasteiger partial charge in [-0.1, -0.05) is 25.0 Å². The molecule has 1 saturated carbocycles. The van der Waals surface area contributed by atoms with Crippen LogP contribution in [0.3, 0.4) is 0 Å². The lowest BCUT2D eigenvalue weighted by atomic mass is 9.93. The Labute approximate surface area is 73.8 Å². The zero-order chi connectivity index (χ0) is 8.55. The normalized spacial score (nSPS) is 34.1. The van der Waals surface area contributed by atoms with E-state index in [0.717, 1.165) is 12.3 Å². The number of allylic oxidation sites excluding steroid dienone is 4. The van der Waals surface area contributed by atoms with Gasteiger partial charge in [0.2, 0.25) is 0 Å². The molecule has 0 aromatic carbocycles. The Balaban J connectivity index is 2.10. The molecule has 12 heavy (non-hydrogen) atoms. The van der Waals surface area contributed by atoms with Crippen molar-refractivity contribution in [1.29, 1.82) is 0 Å². The monoisotopic (exact) mass is 164 g/mol. The highest BCUT2D eigenvalue weighted by Crippen LogP contribution is 2.42. The highest BCUT2D eigenvalue weighted by Gasteiger charge is 2.29. The van der Waals surface area contributed by atoms with E-state index in [1.165, 1.54) is 19.3 Å². The van der Waals surface area contributed by atoms with Crippen molar-refractivity contribution in [3.8, 4) is 0 Å². The molecule has 0 aromatic rings. The van der Waals surface area contributed by atoms with Crippen molar-refractivity contribution in [2.75, 3.05) is 0 Å². The first-order chi connectivity index (χ1) is 5.79. The molecule has 2 aliphatic carbocycles. The summed E-state index contributed by atoms with van der Waals surface area (Å²) in [5, 5.41) is 9.33. The zero-order valence-corrected chi connectivity index (χ0v) is 7.59. The number of fused-ring (bicyclic) bond motifs is 1. The van der Waals surface area contributed by atoms with Crippen LogP contribution in [0.5, 0.6) is 0 Å². The van der Waals surface area contributed by atoms with Crippen LogP contribution in [0, 0.1) is 11.8 Å². The van der Waals surface area contributed by atoms with Gasteiger partial charge in [0, 0.05) is 6.42 Å². The minimum atomic E-state index is 0.570. The first-order valence-electron chi connectivity index (χ1n) is 4.88. The SMILES string of the molecule is CCC1CC2=CC=C(O)CC2C1. The number of rotatable bonds is 1. The van der Waals surface area contributed by atoms with E-state index in [9.17, 15) is 5.11 Å². The molecule has 1 N–H and O–H groups in total. The molecule has 66 valence electrons. The maximum atomic E-state index is 9.33. The van der Waals surface area contributed by atoms with Gasteiger partial charge in [-0.15, -0.1) is 0 Å². The molecule has 2 atom stereocenters. The van der Waals surface area contributed by atoms with Crippen LogP contribution in [-0.2, 0) is 0 Å². The fourth-order valence-electron chi connectivity index (χ4n) is 2.39. The molecule has 0 saturated heterocycles. The van der Waals surface area contributed by atoms with Crippen molar-refractivity contribution < 1.29 is 5.11 Å². The lowest BCUT2D eigenvalue weighted by Crippen LogP contribution is -2.02. The molecule has 2 rings (SSSR count). The molecule has 0 aliphatic heterocycles. The summed E-state index contributed by atoms with van der Waals surface area (Å²) in [6, 6.07) is 0. The Bertz CT molecular complexity index is 237. The molecule has 2 unspecified atom stereocenters. The van der Waals surface area contributed by atoms with Crippen molar-refractivity contribution in [3.63, 3.8) is 0 Å². The third-order valence-corrected chi connectivity index (χ3v) is 3.19. The van der Waals surface area contributed by atoms with E-state index >= 15 is 0 Å². The van der Waals surface area contributed by atoms with Gasteiger partial charge in [0.25, 0.3) is 0 Å². The topological polar surface area (TPSA) is 20.2 Å². The molecular formula is C11H16O. The Hall–Kier alpha value is -0.720. The summed E-state index contributed by atoms with van der Waals surface area (Å²) in [5.74, 6) is 2.11. The first kappa shape index (κ1) is 7.90. The van der Waals surface area contributed by atoms with Crippen molar-refractivity contribution in [3.05, 3.63) is 23.5 Å². The van der Waals surface area contributed by atoms with Gasteiger partial charge in [0.15, 0.2) is 0 Å². The average Bonchev–Trinajstić information content (AvgIpc) is 2.46. The minimum Gasteiger partial charge on any atom is -0.512 e. The van der Waals surface area contributed by atoms with Crippen molar-refractivity contribution in [1.82, 2.24) is 0 Å². The summed E-state index contributed by atoms with van der Waals surface area (Å²) in [5.41, 5.74) is 1.57. The van der Waals surface area contributed by atoms with Crippen LogP contribution in [0.25, 0.3) is 0 Å². The van der Waals surface area contributed by atoms with Crippen LogP contribution < -0.4 is 0 Å². The predicted molar refractivity (Wildman–Crippen MR) is 49.9 cm³/mol. The van der Waals surface area contributed by atoms with Gasteiger partial charge in [-0.05, 0) is 30.8 Å². The Morgan fingerprint density at radius 1 is 1.42 bits per heavy atom. The minimum absolute atomic E-state index is 0.570. The van der Waals surface area contributed by atoms with Crippen molar-refractivity contribution in [2.45, 2.75) is 32.6 Å². The summed E-state index contributed by atoms with van der Waals surface area (Å²) in [6.07, 6.45) is 8.73. The first-order valence-corrected chi connectivity index (χ1v) is 4.88. The number of hydrogen-bond acceptors (Lipinski definition) is 1. The fourth-order valence-corrected chi connectivity index (χ4v) is 2.39. The molecule has 0 radical (unpaired) electrons. The fraction of sp³-hybridized carbons (Fsp3) is 0.636. The molecule has 0 spiro atoms. The standard InChI is InChI=1S/C11H16O/c1-2-8-5-9-3-4-11(12)7-10(9)6-8/h3-4,8,10,12H,2,5-7H2,1H3. The Morgan fingerprint density at radius 2 is 2.25 bits per heavy atom. The van der Waals surface area contributed by atoms with Crippen LogP contribution in [0.1, 0.15) is 32.6 Å². The van der Waals surface area contributed by atoms with E-state index in [0.29, 0.717) is 11.7 Å². The molecule has 1 fully saturated rings. The lowest BCUT2D eigenvalue weighted by molar-refractivity contribution is 0.354. The second-order valence-electron chi connectivity index (χ2n) is 4.01. The second kappa shape index (κ2) is 2.96. The lowest BCUT2D eigenvalue weighted by Gasteiger charge is -2.14. The maximum Gasteiger partial charge on any atom is 0.0928 e.